The molecule has 7 nitrogen and oxygen atoms in total. The molecule has 0 aliphatic carbocycles. The van der Waals surface area contributed by atoms with Gasteiger partial charge in [0.2, 0.25) is 0 Å². The molecule has 18 heavy (non-hydrogen) atoms. The fraction of sp³-hybridized carbons (Fsp3) is 0.727. The minimum Gasteiger partial charge on any atom is -0.467 e. The monoisotopic (exact) mass is 254 g/mol. The lowest BCUT2D eigenvalue weighted by Crippen LogP contribution is -2.43. The van der Waals surface area contributed by atoms with E-state index in [9.17, 15) is 0 Å². The Morgan fingerprint density at radius 3 is 2.22 bits per heavy atom. The minimum atomic E-state index is 0.0514. The second-order valence-electron chi connectivity index (χ2n) is 4.22. The Labute approximate surface area is 106 Å². The zero-order valence-electron chi connectivity index (χ0n) is 10.8. The van der Waals surface area contributed by atoms with Crippen LogP contribution >= 0.6 is 0 Å². The van der Waals surface area contributed by atoms with Gasteiger partial charge in [0.15, 0.2) is 0 Å². The lowest BCUT2D eigenvalue weighted by atomic mass is 9.97. The predicted molar refractivity (Wildman–Crippen MR) is 64.0 cm³/mol. The van der Waals surface area contributed by atoms with Crippen LogP contribution in [0.25, 0.3) is 0 Å². The molecule has 7 heteroatoms. The van der Waals surface area contributed by atoms with Crippen molar-refractivity contribution in [2.24, 2.45) is 5.92 Å². The fourth-order valence-corrected chi connectivity index (χ4v) is 1.81. The number of piperidine rings is 1. The zero-order chi connectivity index (χ0) is 13.0. The van der Waals surface area contributed by atoms with Crippen molar-refractivity contribution in [2.75, 3.05) is 27.3 Å². The van der Waals surface area contributed by atoms with E-state index in [0.717, 1.165) is 19.5 Å². The Hall–Kier alpha value is -1.63. The largest absolute Gasteiger partial charge is 0.467 e. The molecule has 0 bridgehead atoms. The minimum absolute atomic E-state index is 0.0514. The summed E-state index contributed by atoms with van der Waals surface area (Å²) in [6.45, 7) is 3.96. The summed E-state index contributed by atoms with van der Waals surface area (Å²) in [5.41, 5.74) is 0. The van der Waals surface area contributed by atoms with Gasteiger partial charge in [-0.1, -0.05) is 6.92 Å². The van der Waals surface area contributed by atoms with Gasteiger partial charge in [-0.3, -0.25) is 0 Å². The normalized spacial score (nSPS) is 23.5. The van der Waals surface area contributed by atoms with E-state index in [1.165, 1.54) is 14.2 Å². The van der Waals surface area contributed by atoms with E-state index in [2.05, 4.69) is 27.2 Å². The van der Waals surface area contributed by atoms with Gasteiger partial charge in [-0.05, 0) is 18.9 Å². The summed E-state index contributed by atoms with van der Waals surface area (Å²) in [5, 5.41) is 3.28. The predicted octanol–water partition coefficient (Wildman–Crippen LogP) is 0.266. The van der Waals surface area contributed by atoms with Crippen LogP contribution in [-0.4, -0.2) is 48.4 Å². The van der Waals surface area contributed by atoms with E-state index in [4.69, 9.17) is 14.2 Å². The van der Waals surface area contributed by atoms with Crippen LogP contribution in [0.1, 0.15) is 13.3 Å². The van der Waals surface area contributed by atoms with E-state index < -0.39 is 0 Å². The molecule has 2 heterocycles. The average molecular weight is 254 g/mol. The summed E-state index contributed by atoms with van der Waals surface area (Å²) < 4.78 is 15.7. The number of ether oxygens (including phenoxy) is 3. The average Bonchev–Trinajstić information content (AvgIpc) is 2.41. The molecule has 1 saturated heterocycles. The van der Waals surface area contributed by atoms with E-state index in [1.54, 1.807) is 0 Å². The summed E-state index contributed by atoms with van der Waals surface area (Å²) in [5.74, 6) is 0.458. The molecule has 1 N–H and O–H groups in total. The van der Waals surface area contributed by atoms with Gasteiger partial charge in [-0.15, -0.1) is 15.0 Å². The Bertz CT molecular complexity index is 380. The van der Waals surface area contributed by atoms with Crippen LogP contribution in [-0.2, 0) is 0 Å². The highest BCUT2D eigenvalue weighted by atomic mass is 16.5. The lowest BCUT2D eigenvalue weighted by molar-refractivity contribution is 0.101. The molecule has 0 aromatic carbocycles. The van der Waals surface area contributed by atoms with E-state index in [-0.39, 0.29) is 24.1 Å². The second-order valence-corrected chi connectivity index (χ2v) is 4.22. The molecule has 1 aliphatic heterocycles. The first kappa shape index (κ1) is 12.8. The van der Waals surface area contributed by atoms with Crippen molar-refractivity contribution in [3.8, 4) is 18.0 Å². The van der Waals surface area contributed by atoms with E-state index >= 15 is 0 Å². The Morgan fingerprint density at radius 2 is 1.67 bits per heavy atom. The molecule has 0 amide bonds. The van der Waals surface area contributed by atoms with Gasteiger partial charge < -0.3 is 19.5 Å². The van der Waals surface area contributed by atoms with Crippen molar-refractivity contribution in [2.45, 2.75) is 19.4 Å². The van der Waals surface area contributed by atoms with Crippen LogP contribution < -0.4 is 19.5 Å². The smallest absolute Gasteiger partial charge is 0.326 e. The quantitative estimate of drug-likeness (QED) is 0.826. The standard InChI is InChI=1S/C11H18N4O3/c1-7-4-5-12-6-8(7)18-11-14-9(16-2)13-10(15-11)17-3/h7-8,12H,4-6H2,1-3H3. The molecule has 2 atom stereocenters. The Balaban J connectivity index is 2.12. The molecule has 2 unspecified atom stereocenters. The SMILES string of the molecule is COc1nc(OC)nc(OC2CNCCC2C)n1. The summed E-state index contributed by atoms with van der Waals surface area (Å²) >= 11 is 0. The molecule has 1 aromatic heterocycles. The lowest BCUT2D eigenvalue weighted by Gasteiger charge is -2.28. The first-order chi connectivity index (χ1) is 8.72. The highest BCUT2D eigenvalue weighted by Crippen LogP contribution is 2.19. The highest BCUT2D eigenvalue weighted by molar-refractivity contribution is 5.09. The molecule has 1 fully saturated rings. The first-order valence-electron chi connectivity index (χ1n) is 5.94. The Morgan fingerprint density at radius 1 is 1.06 bits per heavy atom. The number of methoxy groups -OCH3 is 2. The zero-order valence-corrected chi connectivity index (χ0v) is 10.8. The van der Waals surface area contributed by atoms with Gasteiger partial charge in [0.1, 0.15) is 6.10 Å². The molecule has 2 rings (SSSR count). The first-order valence-corrected chi connectivity index (χ1v) is 5.94. The van der Waals surface area contributed by atoms with Crippen molar-refractivity contribution < 1.29 is 14.2 Å². The second kappa shape index (κ2) is 5.81. The maximum atomic E-state index is 5.77. The van der Waals surface area contributed by atoms with Gasteiger partial charge in [-0.25, -0.2) is 0 Å². The van der Waals surface area contributed by atoms with Crippen molar-refractivity contribution in [1.82, 2.24) is 20.3 Å². The summed E-state index contributed by atoms with van der Waals surface area (Å²) in [4.78, 5) is 12.0. The maximum absolute atomic E-state index is 5.77. The van der Waals surface area contributed by atoms with Gasteiger partial charge in [-0.2, -0.15) is 0 Å². The number of rotatable bonds is 4. The van der Waals surface area contributed by atoms with Crippen LogP contribution in [0.4, 0.5) is 0 Å². The topological polar surface area (TPSA) is 78.4 Å². The summed E-state index contributed by atoms with van der Waals surface area (Å²) in [7, 11) is 2.98. The number of hydrogen-bond acceptors (Lipinski definition) is 7. The molecular formula is C11H18N4O3. The molecule has 0 radical (unpaired) electrons. The number of nitrogens with one attached hydrogen (secondary N) is 1. The molecular weight excluding hydrogens is 236 g/mol. The van der Waals surface area contributed by atoms with Crippen LogP contribution in [0.5, 0.6) is 18.0 Å². The highest BCUT2D eigenvalue weighted by Gasteiger charge is 2.24. The molecule has 0 saturated carbocycles. The van der Waals surface area contributed by atoms with Crippen LogP contribution in [0.15, 0.2) is 0 Å². The van der Waals surface area contributed by atoms with Crippen molar-refractivity contribution in [3.63, 3.8) is 0 Å². The van der Waals surface area contributed by atoms with Crippen LogP contribution in [0.3, 0.4) is 0 Å². The third-order valence-corrected chi connectivity index (χ3v) is 2.95. The van der Waals surface area contributed by atoms with Gasteiger partial charge >= 0.3 is 18.0 Å². The van der Waals surface area contributed by atoms with E-state index in [0.29, 0.717) is 5.92 Å². The van der Waals surface area contributed by atoms with Gasteiger partial charge in [0, 0.05) is 6.54 Å². The molecule has 1 aromatic rings. The molecule has 100 valence electrons. The summed E-state index contributed by atoms with van der Waals surface area (Å²) in [6, 6.07) is 0.612. The van der Waals surface area contributed by atoms with Gasteiger partial charge in [0.05, 0.1) is 14.2 Å². The maximum Gasteiger partial charge on any atom is 0.326 e. The number of hydrogen-bond donors (Lipinski definition) is 1. The van der Waals surface area contributed by atoms with Crippen molar-refractivity contribution in [1.29, 1.82) is 0 Å². The van der Waals surface area contributed by atoms with Crippen LogP contribution in [0, 0.1) is 5.92 Å². The van der Waals surface area contributed by atoms with Crippen molar-refractivity contribution in [3.05, 3.63) is 0 Å². The Kier molecular flexibility index (Phi) is 4.14. The van der Waals surface area contributed by atoms with E-state index in [1.807, 2.05) is 0 Å². The number of aromatic nitrogens is 3. The van der Waals surface area contributed by atoms with Crippen LogP contribution in [0.2, 0.25) is 0 Å². The van der Waals surface area contributed by atoms with Crippen molar-refractivity contribution >= 4 is 0 Å². The molecule has 1 aliphatic rings. The number of nitrogens with zero attached hydrogens (tertiary/aromatic N) is 3. The third kappa shape index (κ3) is 2.98. The molecule has 0 spiro atoms. The third-order valence-electron chi connectivity index (χ3n) is 2.95. The fourth-order valence-electron chi connectivity index (χ4n) is 1.81. The summed E-state index contributed by atoms with van der Waals surface area (Å²) in [6.07, 6.45) is 1.12. The van der Waals surface area contributed by atoms with Gasteiger partial charge in [0.25, 0.3) is 0 Å².